The molecule has 19 heavy (non-hydrogen) atoms. The Labute approximate surface area is 126 Å². The van der Waals surface area contributed by atoms with Crippen LogP contribution >= 0.6 is 34.5 Å². The highest BCUT2D eigenvalue weighted by atomic mass is 35.5. The van der Waals surface area contributed by atoms with Crippen LogP contribution in [0.5, 0.6) is 0 Å². The number of nitrogens with one attached hydrogen (secondary N) is 1. The van der Waals surface area contributed by atoms with E-state index in [1.807, 2.05) is 19.1 Å². The van der Waals surface area contributed by atoms with Crippen molar-refractivity contribution in [2.75, 3.05) is 6.54 Å². The highest BCUT2D eigenvalue weighted by molar-refractivity contribution is 7.16. The van der Waals surface area contributed by atoms with Gasteiger partial charge in [0.25, 0.3) is 0 Å². The normalized spacial score (nSPS) is 12.6. The summed E-state index contributed by atoms with van der Waals surface area (Å²) in [5, 5.41) is 3.77. The van der Waals surface area contributed by atoms with Crippen molar-refractivity contribution in [2.45, 2.75) is 19.4 Å². The van der Waals surface area contributed by atoms with Gasteiger partial charge in [0.15, 0.2) is 0 Å². The second-order valence-electron chi connectivity index (χ2n) is 4.19. The van der Waals surface area contributed by atoms with Gasteiger partial charge in [0.05, 0.1) is 4.34 Å². The van der Waals surface area contributed by atoms with Gasteiger partial charge in [0.2, 0.25) is 0 Å². The molecular formula is C14H14Cl2FNS. The van der Waals surface area contributed by atoms with Gasteiger partial charge in [-0.05, 0) is 42.8 Å². The largest absolute Gasteiger partial charge is 0.309 e. The molecule has 1 N–H and O–H groups in total. The second-order valence-corrected chi connectivity index (χ2v) is 6.38. The van der Waals surface area contributed by atoms with Crippen LogP contribution in [-0.2, 0) is 6.42 Å². The van der Waals surface area contributed by atoms with Crippen LogP contribution in [0.3, 0.4) is 0 Å². The Morgan fingerprint density at radius 2 is 2.05 bits per heavy atom. The van der Waals surface area contributed by atoms with E-state index in [0.29, 0.717) is 17.0 Å². The van der Waals surface area contributed by atoms with E-state index in [4.69, 9.17) is 23.2 Å². The summed E-state index contributed by atoms with van der Waals surface area (Å²) in [5.74, 6) is -0.266. The Morgan fingerprint density at radius 1 is 1.26 bits per heavy atom. The third-order valence-corrected chi connectivity index (χ3v) is 4.41. The molecule has 1 aromatic heterocycles. The average molecular weight is 318 g/mol. The number of thiophene rings is 1. The molecule has 0 spiro atoms. The quantitative estimate of drug-likeness (QED) is 0.810. The van der Waals surface area contributed by atoms with Crippen molar-refractivity contribution >= 4 is 34.5 Å². The molecule has 1 nitrogen and oxygen atoms in total. The Morgan fingerprint density at radius 3 is 2.63 bits per heavy atom. The lowest BCUT2D eigenvalue weighted by molar-refractivity contribution is 0.534. The number of rotatable bonds is 5. The summed E-state index contributed by atoms with van der Waals surface area (Å²) in [5.41, 5.74) is 0.653. The summed E-state index contributed by atoms with van der Waals surface area (Å²) in [6, 6.07) is 8.71. The molecule has 2 aromatic rings. The van der Waals surface area contributed by atoms with Gasteiger partial charge >= 0.3 is 0 Å². The van der Waals surface area contributed by atoms with Crippen molar-refractivity contribution in [3.63, 3.8) is 0 Å². The molecule has 0 saturated carbocycles. The van der Waals surface area contributed by atoms with E-state index in [-0.39, 0.29) is 11.9 Å². The van der Waals surface area contributed by atoms with Crippen LogP contribution in [0.1, 0.15) is 23.4 Å². The van der Waals surface area contributed by atoms with Crippen molar-refractivity contribution in [3.8, 4) is 0 Å². The smallest absolute Gasteiger partial charge is 0.127 e. The fourth-order valence-corrected chi connectivity index (χ4v) is 3.24. The molecule has 0 radical (unpaired) electrons. The Bertz CT molecular complexity index is 556. The molecule has 0 aliphatic rings. The molecular weight excluding hydrogens is 304 g/mol. The zero-order valence-electron chi connectivity index (χ0n) is 10.4. The monoisotopic (exact) mass is 317 g/mol. The van der Waals surface area contributed by atoms with E-state index in [1.165, 1.54) is 17.4 Å². The van der Waals surface area contributed by atoms with Crippen LogP contribution in [0, 0.1) is 5.82 Å². The minimum Gasteiger partial charge on any atom is -0.309 e. The lowest BCUT2D eigenvalue weighted by Gasteiger charge is -2.17. The molecule has 2 rings (SSSR count). The van der Waals surface area contributed by atoms with Crippen LogP contribution in [0.2, 0.25) is 9.36 Å². The molecule has 0 aliphatic heterocycles. The van der Waals surface area contributed by atoms with Crippen molar-refractivity contribution in [1.82, 2.24) is 5.32 Å². The first-order valence-electron chi connectivity index (χ1n) is 6.02. The van der Waals surface area contributed by atoms with Crippen LogP contribution in [-0.4, -0.2) is 6.54 Å². The zero-order valence-corrected chi connectivity index (χ0v) is 12.7. The molecule has 0 saturated heterocycles. The Kier molecular flexibility index (Phi) is 5.22. The standard InChI is InChI=1S/C14H14Cl2FNS/c1-2-18-12(13-5-6-14(16)19-13)7-9-3-4-10(15)8-11(9)17/h3-6,8,12,18H,2,7H2,1H3. The topological polar surface area (TPSA) is 12.0 Å². The van der Waals surface area contributed by atoms with Gasteiger partial charge in [-0.25, -0.2) is 4.39 Å². The third kappa shape index (κ3) is 3.93. The van der Waals surface area contributed by atoms with Crippen molar-refractivity contribution in [3.05, 3.63) is 55.9 Å². The Hall–Kier alpha value is -0.610. The van der Waals surface area contributed by atoms with E-state index in [1.54, 1.807) is 12.1 Å². The summed E-state index contributed by atoms with van der Waals surface area (Å²) >= 11 is 13.2. The number of halogens is 3. The molecule has 0 amide bonds. The van der Waals surface area contributed by atoms with Crippen LogP contribution in [0.4, 0.5) is 4.39 Å². The SMILES string of the molecule is CCNC(Cc1ccc(Cl)cc1F)c1ccc(Cl)s1. The molecule has 1 heterocycles. The maximum Gasteiger partial charge on any atom is 0.127 e. The molecule has 1 atom stereocenters. The van der Waals surface area contributed by atoms with Gasteiger partial charge in [-0.1, -0.05) is 36.2 Å². The molecule has 1 aromatic carbocycles. The van der Waals surface area contributed by atoms with Gasteiger partial charge in [0.1, 0.15) is 5.82 Å². The molecule has 0 aliphatic carbocycles. The van der Waals surface area contributed by atoms with Crippen molar-refractivity contribution in [2.24, 2.45) is 0 Å². The summed E-state index contributed by atoms with van der Waals surface area (Å²) in [4.78, 5) is 1.11. The minimum absolute atomic E-state index is 0.0678. The third-order valence-electron chi connectivity index (χ3n) is 2.83. The molecule has 0 bridgehead atoms. The minimum atomic E-state index is -0.266. The highest BCUT2D eigenvalue weighted by Gasteiger charge is 2.15. The number of benzene rings is 1. The van der Waals surface area contributed by atoms with E-state index in [9.17, 15) is 4.39 Å². The van der Waals surface area contributed by atoms with Gasteiger partial charge in [-0.3, -0.25) is 0 Å². The summed E-state index contributed by atoms with van der Waals surface area (Å²) < 4.78 is 14.6. The summed E-state index contributed by atoms with van der Waals surface area (Å²) in [6.45, 7) is 2.84. The molecule has 102 valence electrons. The van der Waals surface area contributed by atoms with Crippen molar-refractivity contribution in [1.29, 1.82) is 0 Å². The number of hydrogen-bond acceptors (Lipinski definition) is 2. The number of hydrogen-bond donors (Lipinski definition) is 1. The number of likely N-dealkylation sites (N-methyl/N-ethyl adjacent to an activating group) is 1. The maximum atomic E-state index is 13.8. The maximum absolute atomic E-state index is 13.8. The zero-order chi connectivity index (χ0) is 13.8. The lowest BCUT2D eigenvalue weighted by Crippen LogP contribution is -2.22. The van der Waals surface area contributed by atoms with Gasteiger partial charge in [-0.15, -0.1) is 11.3 Å². The first-order valence-corrected chi connectivity index (χ1v) is 7.60. The Balaban J connectivity index is 2.21. The lowest BCUT2D eigenvalue weighted by atomic mass is 10.0. The average Bonchev–Trinajstić information content (AvgIpc) is 2.78. The van der Waals surface area contributed by atoms with Gasteiger partial charge in [-0.2, -0.15) is 0 Å². The van der Waals surface area contributed by atoms with Crippen molar-refractivity contribution < 1.29 is 4.39 Å². The van der Waals surface area contributed by atoms with Crippen LogP contribution in [0.25, 0.3) is 0 Å². The fraction of sp³-hybridized carbons (Fsp3) is 0.286. The summed E-state index contributed by atoms with van der Waals surface area (Å²) in [6.07, 6.45) is 0.577. The van der Waals surface area contributed by atoms with Gasteiger partial charge < -0.3 is 5.32 Å². The van der Waals surface area contributed by atoms with Gasteiger partial charge in [0, 0.05) is 15.9 Å². The van der Waals surface area contributed by atoms with Crippen LogP contribution in [0.15, 0.2) is 30.3 Å². The first-order chi connectivity index (χ1) is 9.10. The highest BCUT2D eigenvalue weighted by Crippen LogP contribution is 2.30. The summed E-state index contributed by atoms with van der Waals surface area (Å²) in [7, 11) is 0. The molecule has 0 fully saturated rings. The van der Waals surface area contributed by atoms with E-state index < -0.39 is 0 Å². The first kappa shape index (κ1) is 14.8. The van der Waals surface area contributed by atoms with E-state index >= 15 is 0 Å². The predicted molar refractivity (Wildman–Crippen MR) is 80.9 cm³/mol. The molecule has 5 heteroatoms. The van der Waals surface area contributed by atoms with E-state index in [0.717, 1.165) is 15.8 Å². The second kappa shape index (κ2) is 6.71. The van der Waals surface area contributed by atoms with Crippen LogP contribution < -0.4 is 5.32 Å². The van der Waals surface area contributed by atoms with E-state index in [2.05, 4.69) is 5.32 Å². The molecule has 1 unspecified atom stereocenters. The predicted octanol–water partition coefficient (Wildman–Crippen LogP) is 5.09. The fourth-order valence-electron chi connectivity index (χ4n) is 1.94.